The minimum atomic E-state index is -0.423. The summed E-state index contributed by atoms with van der Waals surface area (Å²) < 4.78 is 17.9. The van der Waals surface area contributed by atoms with Gasteiger partial charge in [0.25, 0.3) is 0 Å². The first-order valence-electron chi connectivity index (χ1n) is 5.69. The highest BCUT2D eigenvalue weighted by molar-refractivity contribution is 5.75. The van der Waals surface area contributed by atoms with Crippen molar-refractivity contribution in [3.05, 3.63) is 24.1 Å². The third-order valence-corrected chi connectivity index (χ3v) is 2.65. The Hall–Kier alpha value is -1.89. The molecule has 0 saturated carbocycles. The van der Waals surface area contributed by atoms with Crippen molar-refractivity contribution < 1.29 is 13.9 Å². The lowest BCUT2D eigenvalue weighted by molar-refractivity contribution is 0.0194. The number of rotatable bonds is 2. The Kier molecular flexibility index (Phi) is 3.93. The first-order valence-corrected chi connectivity index (χ1v) is 5.69. The van der Waals surface area contributed by atoms with E-state index in [-0.39, 0.29) is 12.1 Å². The van der Waals surface area contributed by atoms with Gasteiger partial charge in [-0.3, -0.25) is 10.9 Å². The monoisotopic (exact) mass is 254 g/mol. The predicted molar refractivity (Wildman–Crippen MR) is 63.3 cm³/mol. The second-order valence-corrected chi connectivity index (χ2v) is 4.03. The number of nitrogens with one attached hydrogen (secondary N) is 2. The van der Waals surface area contributed by atoms with E-state index >= 15 is 0 Å². The molecule has 1 aliphatic heterocycles. The summed E-state index contributed by atoms with van der Waals surface area (Å²) >= 11 is 0. The molecule has 0 aromatic carbocycles. The fourth-order valence-electron chi connectivity index (χ4n) is 1.67. The van der Waals surface area contributed by atoms with Crippen LogP contribution in [-0.4, -0.2) is 41.7 Å². The molecule has 0 bridgehead atoms. The molecule has 6 nitrogen and oxygen atoms in total. The molecule has 1 atom stereocenters. The highest BCUT2D eigenvalue weighted by Crippen LogP contribution is 2.06. The number of hydrazine groups is 1. The SMILES string of the molecule is CC1COCCN1C(=O)NNc1ccc(F)cn1. The molecule has 1 fully saturated rings. The van der Waals surface area contributed by atoms with Gasteiger partial charge in [0.1, 0.15) is 11.6 Å². The van der Waals surface area contributed by atoms with Crippen LogP contribution >= 0.6 is 0 Å². The van der Waals surface area contributed by atoms with Gasteiger partial charge in [-0.15, -0.1) is 0 Å². The standard InChI is InChI=1S/C11H15FN4O2/c1-8-7-18-5-4-16(8)11(17)15-14-10-3-2-9(12)6-13-10/h2-3,6,8H,4-5,7H2,1H3,(H,13,14)(H,15,17). The molecule has 98 valence electrons. The molecule has 1 aliphatic rings. The Morgan fingerprint density at radius 1 is 1.61 bits per heavy atom. The predicted octanol–water partition coefficient (Wildman–Crippen LogP) is 0.978. The molecule has 7 heteroatoms. The van der Waals surface area contributed by atoms with Gasteiger partial charge in [0.15, 0.2) is 0 Å². The first-order chi connectivity index (χ1) is 8.66. The van der Waals surface area contributed by atoms with Gasteiger partial charge in [-0.05, 0) is 19.1 Å². The van der Waals surface area contributed by atoms with Gasteiger partial charge in [0.05, 0.1) is 25.5 Å². The molecular formula is C11H15FN4O2. The van der Waals surface area contributed by atoms with E-state index in [4.69, 9.17) is 4.74 Å². The van der Waals surface area contributed by atoms with Crippen molar-refractivity contribution in [2.45, 2.75) is 13.0 Å². The molecule has 2 N–H and O–H groups in total. The maximum Gasteiger partial charge on any atom is 0.336 e. The zero-order chi connectivity index (χ0) is 13.0. The summed E-state index contributed by atoms with van der Waals surface area (Å²) in [5, 5.41) is 0. The van der Waals surface area contributed by atoms with Crippen LogP contribution in [0, 0.1) is 5.82 Å². The van der Waals surface area contributed by atoms with E-state index in [1.54, 1.807) is 4.90 Å². The van der Waals surface area contributed by atoms with Crippen molar-refractivity contribution in [1.29, 1.82) is 0 Å². The molecule has 2 amide bonds. The van der Waals surface area contributed by atoms with Gasteiger partial charge >= 0.3 is 6.03 Å². The lowest BCUT2D eigenvalue weighted by atomic mass is 10.3. The van der Waals surface area contributed by atoms with E-state index in [0.717, 1.165) is 6.20 Å². The van der Waals surface area contributed by atoms with Crippen molar-refractivity contribution in [2.75, 3.05) is 25.2 Å². The summed E-state index contributed by atoms with van der Waals surface area (Å²) in [7, 11) is 0. The first kappa shape index (κ1) is 12.6. The second kappa shape index (κ2) is 5.63. The van der Waals surface area contributed by atoms with Crippen molar-refractivity contribution in [2.24, 2.45) is 0 Å². The van der Waals surface area contributed by atoms with E-state index in [9.17, 15) is 9.18 Å². The van der Waals surface area contributed by atoms with Crippen LogP contribution in [0.1, 0.15) is 6.92 Å². The molecule has 0 radical (unpaired) electrons. The number of hydrogen-bond donors (Lipinski definition) is 2. The van der Waals surface area contributed by atoms with Gasteiger partial charge in [0.2, 0.25) is 0 Å². The number of nitrogens with zero attached hydrogens (tertiary/aromatic N) is 2. The van der Waals surface area contributed by atoms with Gasteiger partial charge in [-0.2, -0.15) is 0 Å². The average Bonchev–Trinajstić information content (AvgIpc) is 2.38. The summed E-state index contributed by atoms with van der Waals surface area (Å²) in [6.45, 7) is 3.52. The van der Waals surface area contributed by atoms with Crippen LogP contribution in [0.4, 0.5) is 15.0 Å². The highest BCUT2D eigenvalue weighted by Gasteiger charge is 2.23. The smallest absolute Gasteiger partial charge is 0.336 e. The van der Waals surface area contributed by atoms with Crippen molar-refractivity contribution in [1.82, 2.24) is 15.3 Å². The third-order valence-electron chi connectivity index (χ3n) is 2.65. The second-order valence-electron chi connectivity index (χ2n) is 4.03. The Morgan fingerprint density at radius 2 is 2.44 bits per heavy atom. The largest absolute Gasteiger partial charge is 0.377 e. The summed E-state index contributed by atoms with van der Waals surface area (Å²) in [6.07, 6.45) is 1.08. The minimum absolute atomic E-state index is 0.0294. The lowest BCUT2D eigenvalue weighted by Gasteiger charge is -2.33. The molecule has 2 heterocycles. The number of anilines is 1. The minimum Gasteiger partial charge on any atom is -0.377 e. The zero-order valence-corrected chi connectivity index (χ0v) is 10.0. The van der Waals surface area contributed by atoms with Gasteiger partial charge in [-0.25, -0.2) is 14.2 Å². The van der Waals surface area contributed by atoms with E-state index in [0.29, 0.717) is 25.6 Å². The molecule has 1 aromatic heterocycles. The van der Waals surface area contributed by atoms with Crippen molar-refractivity contribution >= 4 is 11.8 Å². The van der Waals surface area contributed by atoms with Crippen LogP contribution < -0.4 is 10.9 Å². The third kappa shape index (κ3) is 3.07. The van der Waals surface area contributed by atoms with E-state index in [1.807, 2.05) is 6.92 Å². The fourth-order valence-corrected chi connectivity index (χ4v) is 1.67. The topological polar surface area (TPSA) is 66.5 Å². The van der Waals surface area contributed by atoms with Crippen molar-refractivity contribution in [3.63, 3.8) is 0 Å². The Balaban J connectivity index is 1.85. The molecule has 2 rings (SSSR count). The Bertz CT molecular complexity index is 412. The van der Waals surface area contributed by atoms with Crippen LogP contribution in [0.3, 0.4) is 0 Å². The number of aromatic nitrogens is 1. The van der Waals surface area contributed by atoms with Crippen LogP contribution in [-0.2, 0) is 4.74 Å². The number of morpholine rings is 1. The van der Waals surface area contributed by atoms with E-state index in [2.05, 4.69) is 15.8 Å². The number of ether oxygens (including phenoxy) is 1. The summed E-state index contributed by atoms with van der Waals surface area (Å²) in [5.41, 5.74) is 5.14. The highest BCUT2D eigenvalue weighted by atomic mass is 19.1. The normalized spacial score (nSPS) is 19.4. The maximum absolute atomic E-state index is 12.6. The molecule has 18 heavy (non-hydrogen) atoms. The average molecular weight is 254 g/mol. The van der Waals surface area contributed by atoms with Gasteiger partial charge in [-0.1, -0.05) is 0 Å². The molecule has 0 spiro atoms. The number of carbonyl (C=O) groups is 1. The number of amides is 2. The summed E-state index contributed by atoms with van der Waals surface area (Å²) in [6, 6.07) is 2.48. The van der Waals surface area contributed by atoms with Gasteiger partial charge < -0.3 is 9.64 Å². The Labute approximate surface area is 104 Å². The molecule has 1 unspecified atom stereocenters. The molecule has 0 aliphatic carbocycles. The zero-order valence-electron chi connectivity index (χ0n) is 10.0. The van der Waals surface area contributed by atoms with Crippen LogP contribution in [0.5, 0.6) is 0 Å². The maximum atomic E-state index is 12.6. The number of urea groups is 1. The van der Waals surface area contributed by atoms with Crippen LogP contribution in [0.2, 0.25) is 0 Å². The fraction of sp³-hybridized carbons (Fsp3) is 0.455. The summed E-state index contributed by atoms with van der Waals surface area (Å²) in [4.78, 5) is 17.3. The number of hydrogen-bond acceptors (Lipinski definition) is 4. The number of carbonyl (C=O) groups excluding carboxylic acids is 1. The number of halogens is 1. The van der Waals surface area contributed by atoms with Crippen molar-refractivity contribution in [3.8, 4) is 0 Å². The Morgan fingerprint density at radius 3 is 3.11 bits per heavy atom. The molecular weight excluding hydrogens is 239 g/mol. The van der Waals surface area contributed by atoms with E-state index < -0.39 is 5.82 Å². The summed E-state index contributed by atoms with van der Waals surface area (Å²) in [5.74, 6) is -0.0423. The van der Waals surface area contributed by atoms with Crippen LogP contribution in [0.25, 0.3) is 0 Å². The molecule has 1 saturated heterocycles. The van der Waals surface area contributed by atoms with Gasteiger partial charge in [0, 0.05) is 6.54 Å². The number of pyridine rings is 1. The quantitative estimate of drug-likeness (QED) is 0.772. The molecule has 1 aromatic rings. The van der Waals surface area contributed by atoms with Crippen LogP contribution in [0.15, 0.2) is 18.3 Å². The van der Waals surface area contributed by atoms with E-state index in [1.165, 1.54) is 12.1 Å². The lowest BCUT2D eigenvalue weighted by Crippen LogP contribution is -2.52.